The summed E-state index contributed by atoms with van der Waals surface area (Å²) in [6, 6.07) is 10.1. The Kier molecular flexibility index (Phi) is 2.42. The van der Waals surface area contributed by atoms with Crippen LogP contribution in [0.4, 0.5) is 0 Å². The molecule has 1 aromatic carbocycles. The molecule has 76 valence electrons. The summed E-state index contributed by atoms with van der Waals surface area (Å²) in [7, 11) is 0. The number of aromatic nitrogens is 1. The van der Waals surface area contributed by atoms with Crippen LogP contribution < -0.4 is 0 Å². The molecule has 0 aliphatic rings. The Balaban J connectivity index is 2.37. The van der Waals surface area contributed by atoms with Crippen LogP contribution in [0.5, 0.6) is 0 Å². The van der Waals surface area contributed by atoms with Crippen molar-refractivity contribution in [1.82, 2.24) is 5.16 Å². The Morgan fingerprint density at radius 2 is 1.93 bits per heavy atom. The molecule has 0 spiro atoms. The van der Waals surface area contributed by atoms with Gasteiger partial charge in [-0.25, -0.2) is 0 Å². The number of hydrogen-bond donors (Lipinski definition) is 0. The van der Waals surface area contributed by atoms with Crippen LogP contribution >= 0.6 is 0 Å². The van der Waals surface area contributed by atoms with Crippen molar-refractivity contribution >= 4 is 5.57 Å². The topological polar surface area (TPSA) is 26.0 Å². The lowest BCUT2D eigenvalue weighted by molar-refractivity contribution is 0.412. The zero-order valence-corrected chi connectivity index (χ0v) is 8.95. The fraction of sp³-hybridized carbons (Fsp3) is 0.154. The van der Waals surface area contributed by atoms with Crippen molar-refractivity contribution in [2.75, 3.05) is 0 Å². The van der Waals surface area contributed by atoms with Gasteiger partial charge in [-0.2, -0.15) is 0 Å². The summed E-state index contributed by atoms with van der Waals surface area (Å²) in [5.74, 6) is 0.741. The van der Waals surface area contributed by atoms with Crippen LogP contribution in [0.15, 0.2) is 41.4 Å². The Morgan fingerprint density at radius 1 is 1.27 bits per heavy atom. The highest BCUT2D eigenvalue weighted by Crippen LogP contribution is 2.22. The predicted octanol–water partition coefficient (Wildman–Crippen LogP) is 3.68. The third-order valence-electron chi connectivity index (χ3n) is 2.28. The molecule has 0 aliphatic carbocycles. The smallest absolute Gasteiger partial charge is 0.162 e. The molecule has 2 heteroatoms. The van der Waals surface area contributed by atoms with Crippen LogP contribution in [-0.2, 0) is 0 Å². The molecule has 0 saturated carbocycles. The van der Waals surface area contributed by atoms with E-state index in [9.17, 15) is 0 Å². The molecule has 0 unspecified atom stereocenters. The van der Waals surface area contributed by atoms with Gasteiger partial charge < -0.3 is 4.52 Å². The van der Waals surface area contributed by atoms with E-state index >= 15 is 0 Å². The minimum absolute atomic E-state index is 0.741. The third kappa shape index (κ3) is 1.99. The molecule has 0 radical (unpaired) electrons. The summed E-state index contributed by atoms with van der Waals surface area (Å²) >= 11 is 0. The molecule has 2 aromatic rings. The summed E-state index contributed by atoms with van der Waals surface area (Å²) in [6.07, 6.45) is 0. The third-order valence-corrected chi connectivity index (χ3v) is 2.28. The lowest BCUT2D eigenvalue weighted by Crippen LogP contribution is -1.77. The van der Waals surface area contributed by atoms with Gasteiger partial charge in [0.25, 0.3) is 0 Å². The van der Waals surface area contributed by atoms with Crippen molar-refractivity contribution in [3.05, 3.63) is 48.2 Å². The van der Waals surface area contributed by atoms with E-state index in [-0.39, 0.29) is 0 Å². The zero-order chi connectivity index (χ0) is 10.8. The SMILES string of the molecule is C=C(C)c1cc(-c2ccc(C)cc2)no1. The van der Waals surface area contributed by atoms with Gasteiger partial charge in [0.1, 0.15) is 5.69 Å². The van der Waals surface area contributed by atoms with E-state index < -0.39 is 0 Å². The average Bonchev–Trinajstić information content (AvgIpc) is 2.68. The molecule has 0 bridgehead atoms. The van der Waals surface area contributed by atoms with Gasteiger partial charge in [0.2, 0.25) is 0 Å². The standard InChI is InChI=1S/C13H13NO/c1-9(2)13-8-12(14-15-13)11-6-4-10(3)5-7-11/h4-8H,1H2,2-3H3. The maximum Gasteiger partial charge on any atom is 0.162 e. The van der Waals surface area contributed by atoms with E-state index in [0.717, 1.165) is 22.6 Å². The summed E-state index contributed by atoms with van der Waals surface area (Å²) in [5.41, 5.74) is 4.05. The molecule has 0 fully saturated rings. The van der Waals surface area contributed by atoms with Crippen LogP contribution in [-0.4, -0.2) is 5.16 Å². The maximum absolute atomic E-state index is 5.16. The van der Waals surface area contributed by atoms with Gasteiger partial charge in [-0.3, -0.25) is 0 Å². The molecule has 15 heavy (non-hydrogen) atoms. The minimum atomic E-state index is 0.741. The van der Waals surface area contributed by atoms with Gasteiger partial charge in [-0.1, -0.05) is 41.6 Å². The summed E-state index contributed by atoms with van der Waals surface area (Å²) in [6.45, 7) is 7.78. The van der Waals surface area contributed by atoms with Gasteiger partial charge in [-0.05, 0) is 19.4 Å². The van der Waals surface area contributed by atoms with Crippen LogP contribution in [0.3, 0.4) is 0 Å². The van der Waals surface area contributed by atoms with Crippen LogP contribution in [0.25, 0.3) is 16.8 Å². The molecule has 0 aliphatic heterocycles. The molecule has 1 heterocycles. The maximum atomic E-state index is 5.16. The first kappa shape index (κ1) is 9.71. The zero-order valence-electron chi connectivity index (χ0n) is 8.95. The van der Waals surface area contributed by atoms with E-state index in [1.165, 1.54) is 5.56 Å². The molecule has 0 saturated heterocycles. The first-order valence-corrected chi connectivity index (χ1v) is 4.86. The number of benzene rings is 1. The van der Waals surface area contributed by atoms with Crippen molar-refractivity contribution < 1.29 is 4.52 Å². The van der Waals surface area contributed by atoms with Gasteiger partial charge >= 0.3 is 0 Å². The van der Waals surface area contributed by atoms with Gasteiger partial charge in [0.05, 0.1) is 0 Å². The highest BCUT2D eigenvalue weighted by molar-refractivity contribution is 5.65. The highest BCUT2D eigenvalue weighted by atomic mass is 16.5. The monoisotopic (exact) mass is 199 g/mol. The minimum Gasteiger partial charge on any atom is -0.356 e. The Labute approximate surface area is 89.2 Å². The molecule has 2 rings (SSSR count). The largest absolute Gasteiger partial charge is 0.356 e. The molecule has 2 nitrogen and oxygen atoms in total. The van der Waals surface area contributed by atoms with Crippen molar-refractivity contribution in [2.24, 2.45) is 0 Å². The summed E-state index contributed by atoms with van der Waals surface area (Å²) in [4.78, 5) is 0. The summed E-state index contributed by atoms with van der Waals surface area (Å²) in [5, 5.41) is 4.00. The fourth-order valence-corrected chi connectivity index (χ4v) is 1.34. The number of aryl methyl sites for hydroxylation is 1. The second-order valence-corrected chi connectivity index (χ2v) is 3.72. The Bertz CT molecular complexity index is 479. The van der Waals surface area contributed by atoms with E-state index in [0.29, 0.717) is 0 Å². The van der Waals surface area contributed by atoms with E-state index in [1.54, 1.807) is 0 Å². The number of rotatable bonds is 2. The number of nitrogens with zero attached hydrogens (tertiary/aromatic N) is 1. The second-order valence-electron chi connectivity index (χ2n) is 3.72. The van der Waals surface area contributed by atoms with E-state index in [1.807, 2.05) is 25.1 Å². The van der Waals surface area contributed by atoms with E-state index in [2.05, 4.69) is 30.8 Å². The molecule has 0 N–H and O–H groups in total. The Hall–Kier alpha value is -1.83. The highest BCUT2D eigenvalue weighted by Gasteiger charge is 2.06. The lowest BCUT2D eigenvalue weighted by Gasteiger charge is -1.95. The van der Waals surface area contributed by atoms with Gasteiger partial charge in [0, 0.05) is 11.6 Å². The first-order valence-electron chi connectivity index (χ1n) is 4.86. The molecule has 1 aromatic heterocycles. The molecule has 0 amide bonds. The van der Waals surface area contributed by atoms with Crippen LogP contribution in [0.2, 0.25) is 0 Å². The van der Waals surface area contributed by atoms with Crippen molar-refractivity contribution in [1.29, 1.82) is 0 Å². The average molecular weight is 199 g/mol. The van der Waals surface area contributed by atoms with Crippen molar-refractivity contribution in [2.45, 2.75) is 13.8 Å². The number of hydrogen-bond acceptors (Lipinski definition) is 2. The van der Waals surface area contributed by atoms with E-state index in [4.69, 9.17) is 4.52 Å². The second kappa shape index (κ2) is 3.73. The molecular formula is C13H13NO. The fourth-order valence-electron chi connectivity index (χ4n) is 1.34. The van der Waals surface area contributed by atoms with Gasteiger partial charge in [0.15, 0.2) is 5.76 Å². The summed E-state index contributed by atoms with van der Waals surface area (Å²) < 4.78 is 5.16. The normalized spacial score (nSPS) is 10.3. The molecular weight excluding hydrogens is 186 g/mol. The van der Waals surface area contributed by atoms with Crippen molar-refractivity contribution in [3.63, 3.8) is 0 Å². The first-order chi connectivity index (χ1) is 7.16. The molecule has 0 atom stereocenters. The lowest BCUT2D eigenvalue weighted by atomic mass is 10.1. The Morgan fingerprint density at radius 3 is 2.47 bits per heavy atom. The predicted molar refractivity (Wildman–Crippen MR) is 61.4 cm³/mol. The quantitative estimate of drug-likeness (QED) is 0.737. The van der Waals surface area contributed by atoms with Crippen molar-refractivity contribution in [3.8, 4) is 11.3 Å². The van der Waals surface area contributed by atoms with Gasteiger partial charge in [-0.15, -0.1) is 0 Å². The number of allylic oxidation sites excluding steroid dienone is 1. The van der Waals surface area contributed by atoms with Crippen LogP contribution in [0, 0.1) is 6.92 Å². The van der Waals surface area contributed by atoms with Crippen LogP contribution in [0.1, 0.15) is 18.2 Å².